The lowest BCUT2D eigenvalue weighted by atomic mass is 9.87. The fourth-order valence-electron chi connectivity index (χ4n) is 2.71. The van der Waals surface area contributed by atoms with Gasteiger partial charge in [-0.3, -0.25) is 4.79 Å². The van der Waals surface area contributed by atoms with Gasteiger partial charge in [0.15, 0.2) is 0 Å². The largest absolute Gasteiger partial charge is 0.351 e. The molecule has 2 rings (SSSR count). The molecular formula is C17H23N3O. The summed E-state index contributed by atoms with van der Waals surface area (Å²) in [6.07, 6.45) is 9.35. The van der Waals surface area contributed by atoms with E-state index < -0.39 is 0 Å². The third-order valence-electron chi connectivity index (χ3n) is 3.89. The number of nitrogens with two attached hydrogens (primary N) is 1. The third-order valence-corrected chi connectivity index (χ3v) is 3.89. The Morgan fingerprint density at radius 1 is 1.33 bits per heavy atom. The van der Waals surface area contributed by atoms with Crippen LogP contribution in [-0.2, 0) is 0 Å². The van der Waals surface area contributed by atoms with Crippen LogP contribution in [0, 0.1) is 17.8 Å². The van der Waals surface area contributed by atoms with Crippen molar-refractivity contribution in [3.63, 3.8) is 0 Å². The molecule has 0 spiro atoms. The molecule has 1 aliphatic rings. The van der Waals surface area contributed by atoms with Crippen LogP contribution in [0.25, 0.3) is 0 Å². The minimum absolute atomic E-state index is 0.107. The fourth-order valence-corrected chi connectivity index (χ4v) is 2.71. The average Bonchev–Trinajstić information content (AvgIpc) is 2.54. The van der Waals surface area contributed by atoms with Gasteiger partial charge in [0.1, 0.15) is 5.69 Å². The highest BCUT2D eigenvalue weighted by Crippen LogP contribution is 2.25. The highest BCUT2D eigenvalue weighted by Gasteiger charge is 2.13. The molecule has 1 amide bonds. The fraction of sp³-hybridized carbons (Fsp3) is 0.529. The van der Waals surface area contributed by atoms with E-state index in [4.69, 9.17) is 5.73 Å². The number of amides is 1. The van der Waals surface area contributed by atoms with E-state index in [1.54, 1.807) is 18.3 Å². The Morgan fingerprint density at radius 3 is 2.81 bits per heavy atom. The summed E-state index contributed by atoms with van der Waals surface area (Å²) in [6, 6.07) is 3.50. The first-order valence-electron chi connectivity index (χ1n) is 7.73. The molecule has 0 aliphatic heterocycles. The second-order valence-electron chi connectivity index (χ2n) is 5.49. The van der Waals surface area contributed by atoms with Gasteiger partial charge in [0.05, 0.1) is 6.54 Å². The molecule has 0 atom stereocenters. The maximum Gasteiger partial charge on any atom is 0.269 e. The van der Waals surface area contributed by atoms with Crippen LogP contribution < -0.4 is 11.1 Å². The SMILES string of the molecule is NCC#Cc1ccc(C(=O)NCCC2CCCCC2)nc1. The Morgan fingerprint density at radius 2 is 2.14 bits per heavy atom. The number of nitrogens with zero attached hydrogens (tertiary/aromatic N) is 1. The molecule has 3 N–H and O–H groups in total. The molecule has 1 saturated carbocycles. The minimum Gasteiger partial charge on any atom is -0.351 e. The molecule has 1 aromatic rings. The third kappa shape index (κ3) is 5.20. The summed E-state index contributed by atoms with van der Waals surface area (Å²) in [5.41, 5.74) is 6.53. The predicted molar refractivity (Wildman–Crippen MR) is 83.7 cm³/mol. The number of carbonyl (C=O) groups excluding carboxylic acids is 1. The molecule has 1 heterocycles. The molecule has 4 heteroatoms. The molecule has 112 valence electrons. The standard InChI is InChI=1S/C17H23N3O/c18-11-4-7-15-8-9-16(20-13-15)17(21)19-12-10-14-5-2-1-3-6-14/h8-9,13-14H,1-3,5-6,10-12,18H2,(H,19,21). The number of pyridine rings is 1. The first-order chi connectivity index (χ1) is 10.3. The molecular weight excluding hydrogens is 262 g/mol. The predicted octanol–water partition coefficient (Wildman–Crippen LogP) is 2.09. The summed E-state index contributed by atoms with van der Waals surface area (Å²) in [4.78, 5) is 16.1. The van der Waals surface area contributed by atoms with Gasteiger partial charge in [0.25, 0.3) is 5.91 Å². The van der Waals surface area contributed by atoms with Crippen molar-refractivity contribution in [3.05, 3.63) is 29.6 Å². The van der Waals surface area contributed by atoms with E-state index in [9.17, 15) is 4.79 Å². The summed E-state index contributed by atoms with van der Waals surface area (Å²) in [7, 11) is 0. The molecule has 1 aliphatic carbocycles. The second kappa shape index (κ2) is 8.43. The van der Waals surface area contributed by atoms with Crippen molar-refractivity contribution < 1.29 is 4.79 Å². The molecule has 1 aromatic heterocycles. The lowest BCUT2D eigenvalue weighted by Gasteiger charge is -2.21. The van der Waals surface area contributed by atoms with Gasteiger partial charge < -0.3 is 11.1 Å². The van der Waals surface area contributed by atoms with E-state index in [2.05, 4.69) is 22.1 Å². The summed E-state index contributed by atoms with van der Waals surface area (Å²) in [5, 5.41) is 2.95. The molecule has 21 heavy (non-hydrogen) atoms. The van der Waals surface area contributed by atoms with Gasteiger partial charge in [-0.25, -0.2) is 4.98 Å². The van der Waals surface area contributed by atoms with Crippen LogP contribution in [0.1, 0.15) is 54.6 Å². The van der Waals surface area contributed by atoms with Crippen molar-refractivity contribution in [1.82, 2.24) is 10.3 Å². The van der Waals surface area contributed by atoms with Crippen molar-refractivity contribution in [2.45, 2.75) is 38.5 Å². The Kier molecular flexibility index (Phi) is 6.23. The lowest BCUT2D eigenvalue weighted by Crippen LogP contribution is -2.27. The molecule has 4 nitrogen and oxygen atoms in total. The van der Waals surface area contributed by atoms with Crippen LogP contribution in [0.4, 0.5) is 0 Å². The van der Waals surface area contributed by atoms with E-state index >= 15 is 0 Å². The molecule has 0 unspecified atom stereocenters. The zero-order valence-electron chi connectivity index (χ0n) is 12.4. The van der Waals surface area contributed by atoms with Crippen LogP contribution in [-0.4, -0.2) is 24.0 Å². The van der Waals surface area contributed by atoms with Crippen LogP contribution in [0.5, 0.6) is 0 Å². The summed E-state index contributed by atoms with van der Waals surface area (Å²) < 4.78 is 0. The van der Waals surface area contributed by atoms with E-state index in [1.165, 1.54) is 32.1 Å². The van der Waals surface area contributed by atoms with Crippen molar-refractivity contribution in [2.24, 2.45) is 11.7 Å². The first-order valence-corrected chi connectivity index (χ1v) is 7.73. The Hall–Kier alpha value is -1.86. The van der Waals surface area contributed by atoms with Gasteiger partial charge in [-0.1, -0.05) is 43.9 Å². The van der Waals surface area contributed by atoms with Crippen LogP contribution in [0.2, 0.25) is 0 Å². The minimum atomic E-state index is -0.107. The Labute approximate surface area is 126 Å². The topological polar surface area (TPSA) is 68.0 Å². The highest BCUT2D eigenvalue weighted by molar-refractivity contribution is 5.92. The average molecular weight is 285 g/mol. The Bertz CT molecular complexity index is 507. The zero-order chi connectivity index (χ0) is 14.9. The summed E-state index contributed by atoms with van der Waals surface area (Å²) in [6.45, 7) is 1.06. The molecule has 1 fully saturated rings. The second-order valence-corrected chi connectivity index (χ2v) is 5.49. The van der Waals surface area contributed by atoms with Gasteiger partial charge in [-0.15, -0.1) is 0 Å². The number of aromatic nitrogens is 1. The number of rotatable bonds is 4. The van der Waals surface area contributed by atoms with E-state index in [-0.39, 0.29) is 5.91 Å². The number of hydrogen-bond donors (Lipinski definition) is 2. The van der Waals surface area contributed by atoms with Crippen LogP contribution >= 0.6 is 0 Å². The van der Waals surface area contributed by atoms with Crippen molar-refractivity contribution in [2.75, 3.05) is 13.1 Å². The maximum absolute atomic E-state index is 12.0. The summed E-state index contributed by atoms with van der Waals surface area (Å²) >= 11 is 0. The van der Waals surface area contributed by atoms with Crippen molar-refractivity contribution in [3.8, 4) is 11.8 Å². The quantitative estimate of drug-likeness (QED) is 0.832. The van der Waals surface area contributed by atoms with Crippen LogP contribution in [0.15, 0.2) is 18.3 Å². The van der Waals surface area contributed by atoms with Crippen LogP contribution in [0.3, 0.4) is 0 Å². The van der Waals surface area contributed by atoms with Gasteiger partial charge in [-0.05, 0) is 24.5 Å². The van der Waals surface area contributed by atoms with Crippen molar-refractivity contribution >= 4 is 5.91 Å². The monoisotopic (exact) mass is 285 g/mol. The molecule has 0 aromatic carbocycles. The Balaban J connectivity index is 1.77. The van der Waals surface area contributed by atoms with Gasteiger partial charge in [0, 0.05) is 18.3 Å². The van der Waals surface area contributed by atoms with E-state index in [0.717, 1.165) is 24.4 Å². The first kappa shape index (κ1) is 15.5. The van der Waals surface area contributed by atoms with E-state index in [1.807, 2.05) is 0 Å². The van der Waals surface area contributed by atoms with Gasteiger partial charge in [-0.2, -0.15) is 0 Å². The number of hydrogen-bond acceptors (Lipinski definition) is 3. The molecule has 0 saturated heterocycles. The zero-order valence-corrected chi connectivity index (χ0v) is 12.4. The molecule has 0 bridgehead atoms. The normalized spacial score (nSPS) is 15.1. The summed E-state index contributed by atoms with van der Waals surface area (Å²) in [5.74, 6) is 6.32. The molecule has 0 radical (unpaired) electrons. The highest BCUT2D eigenvalue weighted by atomic mass is 16.1. The lowest BCUT2D eigenvalue weighted by molar-refractivity contribution is 0.0945. The number of carbonyl (C=O) groups is 1. The smallest absolute Gasteiger partial charge is 0.269 e. The number of nitrogens with one attached hydrogen (secondary N) is 1. The van der Waals surface area contributed by atoms with Gasteiger partial charge >= 0.3 is 0 Å². The maximum atomic E-state index is 12.0. The van der Waals surface area contributed by atoms with Gasteiger partial charge in [0.2, 0.25) is 0 Å². The van der Waals surface area contributed by atoms with E-state index in [0.29, 0.717) is 12.2 Å². The van der Waals surface area contributed by atoms with Crippen molar-refractivity contribution in [1.29, 1.82) is 0 Å².